The molecule has 0 bridgehead atoms. The van der Waals surface area contributed by atoms with Crippen molar-refractivity contribution in [2.24, 2.45) is 11.8 Å². The lowest BCUT2D eigenvalue weighted by molar-refractivity contribution is -0.142. The summed E-state index contributed by atoms with van der Waals surface area (Å²) >= 11 is 19.3. The summed E-state index contributed by atoms with van der Waals surface area (Å²) in [6, 6.07) is 16.5. The highest BCUT2D eigenvalue weighted by atomic mass is 79.9. The van der Waals surface area contributed by atoms with Crippen molar-refractivity contribution in [1.29, 1.82) is 0 Å². The second kappa shape index (κ2) is 20.5. The molecular formula is C42H42Br2Cl2F4N2O6. The Morgan fingerprint density at radius 2 is 1.28 bits per heavy atom. The molecule has 1 atom stereocenters. The predicted octanol–water partition coefficient (Wildman–Crippen LogP) is 12.3. The van der Waals surface area contributed by atoms with Gasteiger partial charge in [-0.15, -0.1) is 0 Å². The maximum atomic E-state index is 13.4. The van der Waals surface area contributed by atoms with Crippen molar-refractivity contribution in [3.8, 4) is 11.5 Å². The van der Waals surface area contributed by atoms with Crippen LogP contribution >= 0.6 is 55.1 Å². The normalized spacial score (nSPS) is 14.2. The van der Waals surface area contributed by atoms with E-state index in [-0.39, 0.29) is 39.9 Å². The average Bonchev–Trinajstić information content (AvgIpc) is 4.08. The summed E-state index contributed by atoms with van der Waals surface area (Å²) in [7, 11) is 0. The quantitative estimate of drug-likeness (QED) is 0.0729. The summed E-state index contributed by atoms with van der Waals surface area (Å²) in [5.74, 6) is -0.352. The molecule has 2 aliphatic carbocycles. The summed E-state index contributed by atoms with van der Waals surface area (Å²) in [5.41, 5.74) is 4.46. The monoisotopic (exact) mass is 974 g/mol. The van der Waals surface area contributed by atoms with Crippen LogP contribution in [0.25, 0.3) is 0 Å². The Morgan fingerprint density at radius 1 is 0.759 bits per heavy atom. The number of carbonyl (C=O) groups is 2. The molecule has 2 fully saturated rings. The number of carboxylic acids is 2. The molecule has 4 N–H and O–H groups in total. The zero-order valence-corrected chi connectivity index (χ0v) is 36.0. The lowest BCUT2D eigenvalue weighted by atomic mass is 10.1. The Hall–Kier alpha value is -3.72. The van der Waals surface area contributed by atoms with E-state index in [0.29, 0.717) is 31.2 Å². The molecule has 0 aliphatic heterocycles. The Bertz CT molecular complexity index is 2050. The van der Waals surface area contributed by atoms with Crippen LogP contribution in [0.15, 0.2) is 69.6 Å². The minimum absolute atomic E-state index is 0.000790. The van der Waals surface area contributed by atoms with Gasteiger partial charge < -0.3 is 30.3 Å². The smallest absolute Gasteiger partial charge is 0.416 e. The van der Waals surface area contributed by atoms with Gasteiger partial charge in [0.2, 0.25) is 6.17 Å². The van der Waals surface area contributed by atoms with Crippen LogP contribution in [0.1, 0.15) is 65.5 Å². The van der Waals surface area contributed by atoms with Gasteiger partial charge >= 0.3 is 18.1 Å². The van der Waals surface area contributed by atoms with Crippen molar-refractivity contribution < 1.29 is 46.8 Å². The highest BCUT2D eigenvalue weighted by molar-refractivity contribution is 9.11. The van der Waals surface area contributed by atoms with Crippen molar-refractivity contribution in [3.05, 3.63) is 113 Å². The summed E-state index contributed by atoms with van der Waals surface area (Å²) in [6.45, 7) is 3.97. The van der Waals surface area contributed by atoms with Crippen LogP contribution < -0.4 is 20.1 Å². The number of aliphatic carboxylic acids is 2. The molecule has 4 aromatic rings. The number of benzene rings is 4. The highest BCUT2D eigenvalue weighted by Crippen LogP contribution is 2.38. The van der Waals surface area contributed by atoms with E-state index >= 15 is 0 Å². The van der Waals surface area contributed by atoms with Crippen molar-refractivity contribution >= 4 is 78.4 Å². The van der Waals surface area contributed by atoms with E-state index in [9.17, 15) is 27.2 Å². The van der Waals surface area contributed by atoms with Crippen LogP contribution in [0, 0.1) is 18.8 Å². The zero-order chi connectivity index (χ0) is 42.1. The number of ether oxygens (including phenoxy) is 2. The minimum atomic E-state index is -4.52. The highest BCUT2D eigenvalue weighted by Gasteiger charge is 2.32. The number of rotatable bonds is 18. The van der Waals surface area contributed by atoms with Crippen molar-refractivity contribution in [3.63, 3.8) is 0 Å². The molecule has 16 heteroatoms. The lowest BCUT2D eigenvalue weighted by Crippen LogP contribution is -2.17. The molecule has 8 nitrogen and oxygen atoms in total. The lowest BCUT2D eigenvalue weighted by Gasteiger charge is -2.16. The second-order valence-corrected chi connectivity index (χ2v) is 17.1. The van der Waals surface area contributed by atoms with Crippen LogP contribution in [0.2, 0.25) is 10.0 Å². The van der Waals surface area contributed by atoms with Gasteiger partial charge in [0.25, 0.3) is 0 Å². The molecule has 58 heavy (non-hydrogen) atoms. The zero-order valence-electron chi connectivity index (χ0n) is 31.3. The van der Waals surface area contributed by atoms with Gasteiger partial charge in [-0.3, -0.25) is 4.79 Å². The summed E-state index contributed by atoms with van der Waals surface area (Å²) in [4.78, 5) is 21.4. The molecule has 4 aromatic carbocycles. The number of nitrogens with one attached hydrogen (secondary N) is 2. The maximum Gasteiger partial charge on any atom is 0.416 e. The number of hydrogen-bond donors (Lipinski definition) is 4. The van der Waals surface area contributed by atoms with Gasteiger partial charge in [0.1, 0.15) is 19.0 Å². The van der Waals surface area contributed by atoms with Gasteiger partial charge in [-0.2, -0.15) is 13.2 Å². The van der Waals surface area contributed by atoms with Gasteiger partial charge in [-0.25, -0.2) is 9.18 Å². The molecule has 0 saturated heterocycles. The number of halogens is 8. The van der Waals surface area contributed by atoms with E-state index in [1.807, 2.05) is 12.1 Å². The van der Waals surface area contributed by atoms with Crippen LogP contribution in [-0.4, -0.2) is 41.4 Å². The molecule has 0 amide bonds. The van der Waals surface area contributed by atoms with E-state index in [1.165, 1.54) is 30.5 Å². The molecule has 312 valence electrons. The van der Waals surface area contributed by atoms with Gasteiger partial charge in [-0.05, 0) is 165 Å². The third kappa shape index (κ3) is 14.5. The topological polar surface area (TPSA) is 117 Å². The van der Waals surface area contributed by atoms with Crippen LogP contribution in [0.4, 0.5) is 28.9 Å². The first-order valence-electron chi connectivity index (χ1n) is 18.5. The van der Waals surface area contributed by atoms with Gasteiger partial charge in [-0.1, -0.05) is 29.3 Å². The molecular weight excluding hydrogens is 935 g/mol. The van der Waals surface area contributed by atoms with E-state index in [2.05, 4.69) is 67.6 Å². The molecule has 6 rings (SSSR count). The fourth-order valence-corrected chi connectivity index (χ4v) is 8.03. The van der Waals surface area contributed by atoms with Crippen molar-refractivity contribution in [2.75, 3.05) is 23.7 Å². The molecule has 0 spiro atoms. The minimum Gasteiger partial charge on any atom is -0.487 e. The third-order valence-corrected chi connectivity index (χ3v) is 11.0. The SMILES string of the molecule is Cc1cc(COc2c(Br)cc(CCC(=O)O)cc2Br)cc(NCC2CC2)c1.O=C(O)C(F)Cc1cc(Cl)c(OCc2cc(NCC3CC3)cc(C(F)(F)F)c2)c(Cl)c1. The van der Waals surface area contributed by atoms with Crippen LogP contribution in [0.5, 0.6) is 11.5 Å². The Kier molecular flexibility index (Phi) is 16.0. The largest absolute Gasteiger partial charge is 0.487 e. The molecule has 0 radical (unpaired) electrons. The summed E-state index contributed by atoms with van der Waals surface area (Å²) < 4.78 is 66.5. The van der Waals surface area contributed by atoms with E-state index in [1.54, 1.807) is 6.07 Å². The maximum absolute atomic E-state index is 13.4. The molecule has 2 aliphatic rings. The number of anilines is 2. The number of hydrogen-bond acceptors (Lipinski definition) is 6. The van der Waals surface area contributed by atoms with Gasteiger partial charge in [0, 0.05) is 37.3 Å². The third-order valence-electron chi connectivity index (χ3n) is 9.23. The Labute approximate surface area is 360 Å². The number of alkyl halides is 4. The molecule has 1 unspecified atom stereocenters. The fourth-order valence-electron chi connectivity index (χ4n) is 5.88. The first-order valence-corrected chi connectivity index (χ1v) is 20.9. The molecule has 0 aromatic heterocycles. The molecule has 0 heterocycles. The fraction of sp³-hybridized carbons (Fsp3) is 0.381. The number of carboxylic acid groups (broad SMARTS) is 2. The summed E-state index contributed by atoms with van der Waals surface area (Å²) in [5, 5.41) is 24.1. The first-order chi connectivity index (χ1) is 27.4. The van der Waals surface area contributed by atoms with E-state index in [4.69, 9.17) is 42.9 Å². The number of aryl methyl sites for hydroxylation is 2. The first kappa shape index (κ1) is 45.4. The van der Waals surface area contributed by atoms with E-state index < -0.39 is 36.3 Å². The van der Waals surface area contributed by atoms with Crippen LogP contribution in [0.3, 0.4) is 0 Å². The Morgan fingerprint density at radius 3 is 1.78 bits per heavy atom. The van der Waals surface area contributed by atoms with Crippen molar-refractivity contribution in [2.45, 2.75) is 77.4 Å². The van der Waals surface area contributed by atoms with Gasteiger partial charge in [0.05, 0.1) is 24.6 Å². The molecule has 2 saturated carbocycles. The van der Waals surface area contributed by atoms with E-state index in [0.717, 1.165) is 68.9 Å². The second-order valence-electron chi connectivity index (χ2n) is 14.5. The Balaban J connectivity index is 0.000000223. The average molecular weight is 978 g/mol. The summed E-state index contributed by atoms with van der Waals surface area (Å²) in [6.07, 6.45) is -1.69. The van der Waals surface area contributed by atoms with Gasteiger partial charge in [0.15, 0.2) is 5.75 Å². The van der Waals surface area contributed by atoms with Crippen molar-refractivity contribution in [1.82, 2.24) is 0 Å². The van der Waals surface area contributed by atoms with Crippen LogP contribution in [-0.2, 0) is 41.8 Å². The predicted molar refractivity (Wildman–Crippen MR) is 224 cm³/mol. The standard InChI is InChI=1S/C21H23Br2NO3.C21H19Cl2F4NO3/c1-13-6-16(8-17(7-13)24-11-14-2-3-14)12-27-21-18(22)9-15(10-19(21)23)4-5-20(25)26;22-16-5-12(7-18(24)20(29)30)6-17(23)19(16)31-10-13-3-14(21(25,26)27)8-15(4-13)28-9-11-1-2-11/h6-10,14,24H,2-5,11-12H2,1H3,(H,25,26);3-6,8,11,18,28H,1-2,7,9-10H2,(H,29,30).